The van der Waals surface area contributed by atoms with Gasteiger partial charge in [0.05, 0.1) is 11.2 Å². The van der Waals surface area contributed by atoms with Crippen LogP contribution in [-0.4, -0.2) is 18.3 Å². The van der Waals surface area contributed by atoms with Gasteiger partial charge in [-0.3, -0.25) is 0 Å². The van der Waals surface area contributed by atoms with E-state index in [1.54, 1.807) is 0 Å². The first kappa shape index (κ1) is 9.12. The van der Waals surface area contributed by atoms with Crippen molar-refractivity contribution >= 4 is 12.6 Å². The molecule has 0 atom stereocenters. The zero-order chi connectivity index (χ0) is 15.3. The summed E-state index contributed by atoms with van der Waals surface area (Å²) in [5.41, 5.74) is -0.772. The van der Waals surface area contributed by atoms with Gasteiger partial charge in [0.25, 0.3) is 0 Å². The predicted molar refractivity (Wildman–Crippen MR) is 66.9 cm³/mol. The van der Waals surface area contributed by atoms with Crippen molar-refractivity contribution < 1.29 is 17.8 Å². The van der Waals surface area contributed by atoms with E-state index in [0.29, 0.717) is 5.46 Å². The van der Waals surface area contributed by atoms with Gasteiger partial charge in [-0.15, -0.1) is 0 Å². The Kier molecular flexibility index (Phi) is 2.05. The van der Waals surface area contributed by atoms with Crippen LogP contribution >= 0.6 is 0 Å². The molecule has 1 aromatic carbocycles. The Morgan fingerprint density at radius 2 is 1.71 bits per heavy atom. The van der Waals surface area contributed by atoms with Gasteiger partial charge in [0.15, 0.2) is 0 Å². The summed E-state index contributed by atoms with van der Waals surface area (Å²) in [4.78, 5) is 0. The lowest BCUT2D eigenvalue weighted by Gasteiger charge is -2.32. The second-order valence-electron chi connectivity index (χ2n) is 5.36. The SMILES string of the molecule is [2H]C([2H])([2H])c1cc(F)cc(B2OC(C)(C)C(C)(C)O2)c1. The predicted octanol–water partition coefficient (Wildman–Crippen LogP) is 2.43. The fourth-order valence-corrected chi connectivity index (χ4v) is 1.73. The van der Waals surface area contributed by atoms with Crippen LogP contribution in [0.4, 0.5) is 4.39 Å². The topological polar surface area (TPSA) is 18.5 Å². The molecule has 0 saturated carbocycles. The van der Waals surface area contributed by atoms with Crippen molar-refractivity contribution in [2.45, 2.75) is 45.7 Å². The van der Waals surface area contributed by atoms with Crippen molar-refractivity contribution in [3.63, 3.8) is 0 Å². The highest BCUT2D eigenvalue weighted by Crippen LogP contribution is 2.36. The van der Waals surface area contributed by atoms with Crippen LogP contribution in [-0.2, 0) is 9.31 Å². The second kappa shape index (κ2) is 3.82. The van der Waals surface area contributed by atoms with Crippen molar-refractivity contribution in [3.05, 3.63) is 29.6 Å². The van der Waals surface area contributed by atoms with Gasteiger partial charge in [-0.25, -0.2) is 4.39 Å². The first-order chi connectivity index (χ1) is 8.92. The first-order valence-electron chi connectivity index (χ1n) is 7.09. The third kappa shape index (κ3) is 2.24. The molecule has 1 saturated heterocycles. The minimum absolute atomic E-state index is 0.0535. The van der Waals surface area contributed by atoms with Gasteiger partial charge in [0.1, 0.15) is 5.82 Å². The number of aryl methyl sites for hydroxylation is 1. The molecule has 92 valence electrons. The molecule has 0 bridgehead atoms. The Labute approximate surface area is 106 Å². The maximum atomic E-state index is 13.6. The number of halogens is 1. The normalized spacial score (nSPS) is 25.2. The van der Waals surface area contributed by atoms with Crippen molar-refractivity contribution in [2.24, 2.45) is 0 Å². The lowest BCUT2D eigenvalue weighted by atomic mass is 9.78. The Morgan fingerprint density at radius 1 is 1.12 bits per heavy atom. The average Bonchev–Trinajstić information content (AvgIpc) is 2.46. The third-order valence-electron chi connectivity index (χ3n) is 3.45. The van der Waals surface area contributed by atoms with Gasteiger partial charge < -0.3 is 9.31 Å². The van der Waals surface area contributed by atoms with Crippen LogP contribution in [0.25, 0.3) is 0 Å². The molecule has 1 aliphatic heterocycles. The van der Waals surface area contributed by atoms with Crippen LogP contribution in [0.15, 0.2) is 18.2 Å². The maximum Gasteiger partial charge on any atom is 0.494 e. The van der Waals surface area contributed by atoms with Crippen LogP contribution in [0.3, 0.4) is 0 Å². The van der Waals surface area contributed by atoms with E-state index in [-0.39, 0.29) is 5.56 Å². The molecule has 4 heteroatoms. The van der Waals surface area contributed by atoms with Gasteiger partial charge in [-0.1, -0.05) is 6.07 Å². The molecule has 0 aliphatic carbocycles. The molecule has 2 nitrogen and oxygen atoms in total. The fourth-order valence-electron chi connectivity index (χ4n) is 1.73. The quantitative estimate of drug-likeness (QED) is 0.701. The Bertz CT molecular complexity index is 513. The summed E-state index contributed by atoms with van der Waals surface area (Å²) >= 11 is 0. The highest BCUT2D eigenvalue weighted by Gasteiger charge is 2.51. The van der Waals surface area contributed by atoms with Gasteiger partial charge in [0, 0.05) is 4.11 Å². The van der Waals surface area contributed by atoms with Crippen LogP contribution in [0.5, 0.6) is 0 Å². The summed E-state index contributed by atoms with van der Waals surface area (Å²) in [5.74, 6) is -0.608. The van der Waals surface area contributed by atoms with E-state index in [2.05, 4.69) is 0 Å². The maximum absolute atomic E-state index is 13.6. The zero-order valence-electron chi connectivity index (χ0n) is 13.5. The molecule has 17 heavy (non-hydrogen) atoms. The van der Waals surface area contributed by atoms with E-state index < -0.39 is 31.0 Å². The third-order valence-corrected chi connectivity index (χ3v) is 3.45. The molecular weight excluding hydrogens is 218 g/mol. The summed E-state index contributed by atoms with van der Waals surface area (Å²) in [7, 11) is -0.767. The first-order valence-corrected chi connectivity index (χ1v) is 5.59. The zero-order valence-corrected chi connectivity index (χ0v) is 10.5. The highest BCUT2D eigenvalue weighted by atomic mass is 19.1. The highest BCUT2D eigenvalue weighted by molar-refractivity contribution is 6.62. The van der Waals surface area contributed by atoms with Crippen LogP contribution < -0.4 is 5.46 Å². The molecule has 0 spiro atoms. The van der Waals surface area contributed by atoms with Gasteiger partial charge in [-0.2, -0.15) is 0 Å². The Balaban J connectivity index is 2.38. The lowest BCUT2D eigenvalue weighted by Crippen LogP contribution is -2.41. The number of benzene rings is 1. The van der Waals surface area contributed by atoms with Gasteiger partial charge >= 0.3 is 7.12 Å². The molecule has 1 aromatic rings. The summed E-state index contributed by atoms with van der Waals surface area (Å²) < 4.78 is 47.4. The van der Waals surface area contributed by atoms with Crippen LogP contribution in [0, 0.1) is 12.7 Å². The lowest BCUT2D eigenvalue weighted by molar-refractivity contribution is 0.00578. The molecule has 0 radical (unpaired) electrons. The smallest absolute Gasteiger partial charge is 0.399 e. The van der Waals surface area contributed by atoms with Crippen molar-refractivity contribution in [1.29, 1.82) is 0 Å². The number of hydrogen-bond acceptors (Lipinski definition) is 2. The second-order valence-corrected chi connectivity index (χ2v) is 5.36. The van der Waals surface area contributed by atoms with Gasteiger partial charge in [-0.05, 0) is 57.7 Å². The molecule has 1 heterocycles. The molecule has 0 aromatic heterocycles. The van der Waals surface area contributed by atoms with E-state index in [9.17, 15) is 4.39 Å². The van der Waals surface area contributed by atoms with E-state index in [1.807, 2.05) is 27.7 Å². The fraction of sp³-hybridized carbons (Fsp3) is 0.538. The molecule has 1 aliphatic rings. The number of hydrogen-bond donors (Lipinski definition) is 0. The monoisotopic (exact) mass is 239 g/mol. The standard InChI is InChI=1S/C13H18BFO2/c1-9-6-10(8-11(15)7-9)14-16-12(2,3)13(4,5)17-14/h6-8H,1-5H3/i1D3. The largest absolute Gasteiger partial charge is 0.494 e. The van der Waals surface area contributed by atoms with E-state index >= 15 is 0 Å². The minimum atomic E-state index is -2.36. The van der Waals surface area contributed by atoms with Crippen LogP contribution in [0.1, 0.15) is 37.4 Å². The van der Waals surface area contributed by atoms with E-state index in [1.165, 1.54) is 12.1 Å². The average molecular weight is 239 g/mol. The summed E-state index contributed by atoms with van der Waals surface area (Å²) in [5, 5.41) is 0. The van der Waals surface area contributed by atoms with E-state index in [0.717, 1.165) is 6.07 Å². The minimum Gasteiger partial charge on any atom is -0.399 e. The Morgan fingerprint density at radius 3 is 2.24 bits per heavy atom. The van der Waals surface area contributed by atoms with Crippen molar-refractivity contribution in [3.8, 4) is 0 Å². The van der Waals surface area contributed by atoms with Crippen molar-refractivity contribution in [2.75, 3.05) is 0 Å². The molecule has 1 fully saturated rings. The Hall–Kier alpha value is -0.865. The summed E-state index contributed by atoms with van der Waals surface area (Å²) in [6.07, 6.45) is 0. The summed E-state index contributed by atoms with van der Waals surface area (Å²) in [6.45, 7) is 5.18. The van der Waals surface area contributed by atoms with E-state index in [4.69, 9.17) is 13.4 Å². The number of rotatable bonds is 1. The van der Waals surface area contributed by atoms with Crippen LogP contribution in [0.2, 0.25) is 0 Å². The summed E-state index contributed by atoms with van der Waals surface area (Å²) in [6, 6.07) is 3.68. The molecule has 0 amide bonds. The molecule has 0 N–H and O–H groups in total. The molecular formula is C13H18BFO2. The van der Waals surface area contributed by atoms with Gasteiger partial charge in [0.2, 0.25) is 0 Å². The molecule has 2 rings (SSSR count). The molecule has 0 unspecified atom stereocenters. The van der Waals surface area contributed by atoms with Crippen molar-refractivity contribution in [1.82, 2.24) is 0 Å².